The van der Waals surface area contributed by atoms with Gasteiger partial charge in [-0.05, 0) is 61.4 Å². The van der Waals surface area contributed by atoms with Gasteiger partial charge in [0.05, 0.1) is 4.92 Å². The summed E-state index contributed by atoms with van der Waals surface area (Å²) >= 11 is 0. The number of nitro groups is 1. The molecule has 0 bridgehead atoms. The number of nitrogens with zero attached hydrogens (tertiary/aromatic N) is 5. The van der Waals surface area contributed by atoms with Gasteiger partial charge in [-0.15, -0.1) is 0 Å². The van der Waals surface area contributed by atoms with Crippen molar-refractivity contribution in [1.29, 1.82) is 0 Å². The Morgan fingerprint density at radius 3 is 2.29 bits per heavy atom. The van der Waals surface area contributed by atoms with Gasteiger partial charge in [0.2, 0.25) is 5.82 Å². The molecule has 1 fully saturated rings. The van der Waals surface area contributed by atoms with Crippen LogP contribution in [0, 0.1) is 29.8 Å². The molecule has 31 heavy (non-hydrogen) atoms. The van der Waals surface area contributed by atoms with Crippen LogP contribution in [0.3, 0.4) is 0 Å². The van der Waals surface area contributed by atoms with Crippen molar-refractivity contribution in [2.75, 3.05) is 36.0 Å². The quantitative estimate of drug-likeness (QED) is 0.448. The number of hydrogen-bond donors (Lipinski definition) is 0. The van der Waals surface area contributed by atoms with E-state index in [-0.39, 0.29) is 23.2 Å². The molecule has 9 heteroatoms. The first-order valence-electron chi connectivity index (χ1n) is 9.92. The maximum absolute atomic E-state index is 13.2. The van der Waals surface area contributed by atoms with Gasteiger partial charge in [-0.25, -0.2) is 9.37 Å². The summed E-state index contributed by atoms with van der Waals surface area (Å²) in [5, 5.41) is 11.9. The smallest absolute Gasteiger partial charge is 0.373 e. The molecule has 0 atom stereocenters. The Balaban J connectivity index is 1.56. The molecule has 1 aliphatic heterocycles. The van der Waals surface area contributed by atoms with Crippen LogP contribution in [0.15, 0.2) is 48.8 Å². The van der Waals surface area contributed by atoms with Crippen molar-refractivity contribution in [1.82, 2.24) is 9.97 Å². The lowest BCUT2D eigenvalue weighted by atomic mass is 10.1. The van der Waals surface area contributed by atoms with E-state index >= 15 is 0 Å². The molecule has 8 nitrogen and oxygen atoms in total. The molecule has 2 aromatic carbocycles. The standard InChI is InChI=1S/C22H22FN5O3/c1-15-3-8-19(13-16(15)2)31-22-20(28(29)30)21(24-14-25-22)27-11-9-26(10-12-27)18-6-4-17(23)5-7-18/h3-8,13-14H,9-12H2,1-2H3. The molecule has 0 amide bonds. The van der Waals surface area contributed by atoms with Crippen LogP contribution in [-0.4, -0.2) is 41.1 Å². The number of aryl methyl sites for hydroxylation is 2. The van der Waals surface area contributed by atoms with Crippen LogP contribution in [0.1, 0.15) is 11.1 Å². The number of anilines is 2. The first-order chi connectivity index (χ1) is 14.9. The minimum absolute atomic E-state index is 0.0841. The largest absolute Gasteiger partial charge is 0.434 e. The van der Waals surface area contributed by atoms with Crippen LogP contribution in [0.4, 0.5) is 21.6 Å². The number of hydrogen-bond acceptors (Lipinski definition) is 7. The summed E-state index contributed by atoms with van der Waals surface area (Å²) < 4.78 is 19.0. The molecular formula is C22H22FN5O3. The minimum atomic E-state index is -0.502. The maximum atomic E-state index is 13.2. The molecule has 1 aliphatic rings. The third-order valence-electron chi connectivity index (χ3n) is 5.42. The molecule has 4 rings (SSSR count). The van der Waals surface area contributed by atoms with Crippen LogP contribution in [-0.2, 0) is 0 Å². The summed E-state index contributed by atoms with van der Waals surface area (Å²) in [6.45, 7) is 6.23. The summed E-state index contributed by atoms with van der Waals surface area (Å²) in [7, 11) is 0. The summed E-state index contributed by atoms with van der Waals surface area (Å²) in [6.07, 6.45) is 1.28. The average molecular weight is 423 g/mol. The summed E-state index contributed by atoms with van der Waals surface area (Å²) in [4.78, 5) is 23.6. The summed E-state index contributed by atoms with van der Waals surface area (Å²) in [5.74, 6) is 0.351. The Morgan fingerprint density at radius 2 is 1.65 bits per heavy atom. The van der Waals surface area contributed by atoms with Gasteiger partial charge < -0.3 is 14.5 Å². The van der Waals surface area contributed by atoms with Crippen LogP contribution in [0.25, 0.3) is 0 Å². The van der Waals surface area contributed by atoms with E-state index in [9.17, 15) is 14.5 Å². The van der Waals surface area contributed by atoms with Crippen LogP contribution in [0.5, 0.6) is 11.6 Å². The van der Waals surface area contributed by atoms with Gasteiger partial charge in [0.1, 0.15) is 17.9 Å². The first kappa shape index (κ1) is 20.5. The van der Waals surface area contributed by atoms with Crippen molar-refractivity contribution in [2.45, 2.75) is 13.8 Å². The van der Waals surface area contributed by atoms with E-state index in [4.69, 9.17) is 4.74 Å². The van der Waals surface area contributed by atoms with E-state index in [0.29, 0.717) is 31.9 Å². The van der Waals surface area contributed by atoms with Crippen LogP contribution >= 0.6 is 0 Å². The van der Waals surface area contributed by atoms with Crippen molar-refractivity contribution in [2.24, 2.45) is 0 Å². The zero-order valence-electron chi connectivity index (χ0n) is 17.3. The fourth-order valence-electron chi connectivity index (χ4n) is 3.54. The normalized spacial score (nSPS) is 13.9. The average Bonchev–Trinajstić information content (AvgIpc) is 2.77. The molecule has 1 aromatic heterocycles. The molecule has 1 saturated heterocycles. The molecule has 0 spiro atoms. The van der Waals surface area contributed by atoms with Crippen LogP contribution in [0.2, 0.25) is 0 Å². The predicted molar refractivity (Wildman–Crippen MR) is 116 cm³/mol. The van der Waals surface area contributed by atoms with Crippen molar-refractivity contribution in [3.05, 3.63) is 75.9 Å². The third kappa shape index (κ3) is 4.40. The molecule has 160 valence electrons. The minimum Gasteiger partial charge on any atom is -0.434 e. The van der Waals surface area contributed by atoms with E-state index in [1.165, 1.54) is 18.5 Å². The highest BCUT2D eigenvalue weighted by Gasteiger charge is 2.30. The summed E-state index contributed by atoms with van der Waals surface area (Å²) in [5.41, 5.74) is 2.78. The van der Waals surface area contributed by atoms with Gasteiger partial charge in [0.25, 0.3) is 0 Å². The van der Waals surface area contributed by atoms with E-state index in [1.807, 2.05) is 30.9 Å². The number of rotatable bonds is 5. The van der Waals surface area contributed by atoms with Crippen molar-refractivity contribution >= 4 is 17.2 Å². The molecular weight excluding hydrogens is 401 g/mol. The van der Waals surface area contributed by atoms with Crippen molar-refractivity contribution < 1.29 is 14.1 Å². The summed E-state index contributed by atoms with van der Waals surface area (Å²) in [6, 6.07) is 11.8. The molecule has 2 heterocycles. The monoisotopic (exact) mass is 423 g/mol. The Hall–Kier alpha value is -3.75. The van der Waals surface area contributed by atoms with Gasteiger partial charge in [0.15, 0.2) is 0 Å². The number of halogens is 1. The Bertz CT molecular complexity index is 1100. The van der Waals surface area contributed by atoms with Gasteiger partial charge in [0, 0.05) is 31.9 Å². The number of benzene rings is 2. The highest BCUT2D eigenvalue weighted by molar-refractivity contribution is 5.64. The highest BCUT2D eigenvalue weighted by atomic mass is 19.1. The highest BCUT2D eigenvalue weighted by Crippen LogP contribution is 2.37. The molecule has 0 aliphatic carbocycles. The lowest BCUT2D eigenvalue weighted by molar-refractivity contribution is -0.385. The van der Waals surface area contributed by atoms with Crippen molar-refractivity contribution in [3.63, 3.8) is 0 Å². The topological polar surface area (TPSA) is 84.6 Å². The molecule has 3 aromatic rings. The van der Waals surface area contributed by atoms with Gasteiger partial charge in [-0.1, -0.05) is 6.07 Å². The van der Waals surface area contributed by atoms with Gasteiger partial charge in [-0.2, -0.15) is 4.98 Å². The van der Waals surface area contributed by atoms with Crippen molar-refractivity contribution in [3.8, 4) is 11.6 Å². The SMILES string of the molecule is Cc1ccc(Oc2ncnc(N3CCN(c4ccc(F)cc4)CC3)c2[N+](=O)[O-])cc1C. The Labute approximate surface area is 179 Å². The molecule has 0 N–H and O–H groups in total. The lowest BCUT2D eigenvalue weighted by Gasteiger charge is -2.36. The van der Waals surface area contributed by atoms with E-state index in [2.05, 4.69) is 14.9 Å². The second-order valence-corrected chi connectivity index (χ2v) is 7.41. The third-order valence-corrected chi connectivity index (χ3v) is 5.42. The van der Waals surface area contributed by atoms with E-state index < -0.39 is 4.92 Å². The predicted octanol–water partition coefficient (Wildman–Crippen LogP) is 4.26. The van der Waals surface area contributed by atoms with Crippen LogP contribution < -0.4 is 14.5 Å². The Morgan fingerprint density at radius 1 is 0.968 bits per heavy atom. The fourth-order valence-corrected chi connectivity index (χ4v) is 3.54. The van der Waals surface area contributed by atoms with Gasteiger partial charge in [-0.3, -0.25) is 10.1 Å². The second-order valence-electron chi connectivity index (χ2n) is 7.41. The molecule has 0 radical (unpaired) electrons. The number of piperazine rings is 1. The van der Waals surface area contributed by atoms with E-state index in [1.54, 1.807) is 18.2 Å². The lowest BCUT2D eigenvalue weighted by Crippen LogP contribution is -2.47. The zero-order chi connectivity index (χ0) is 22.0. The first-order valence-corrected chi connectivity index (χ1v) is 9.92. The number of aromatic nitrogens is 2. The molecule has 0 unspecified atom stereocenters. The maximum Gasteiger partial charge on any atom is 0.373 e. The second kappa shape index (κ2) is 8.55. The van der Waals surface area contributed by atoms with Gasteiger partial charge >= 0.3 is 11.6 Å². The van der Waals surface area contributed by atoms with E-state index in [0.717, 1.165) is 16.8 Å². The number of ether oxygens (including phenoxy) is 1. The Kier molecular flexibility index (Phi) is 5.66. The fraction of sp³-hybridized carbons (Fsp3) is 0.273. The molecule has 0 saturated carbocycles. The zero-order valence-corrected chi connectivity index (χ0v) is 17.3.